The highest BCUT2D eigenvalue weighted by Crippen LogP contribution is 2.18. The van der Waals surface area contributed by atoms with Crippen molar-refractivity contribution in [3.05, 3.63) is 12.2 Å². The van der Waals surface area contributed by atoms with Crippen LogP contribution in [0.1, 0.15) is 25.6 Å². The minimum atomic E-state index is 0.534. The van der Waals surface area contributed by atoms with Crippen LogP contribution < -0.4 is 5.73 Å². The Bertz CT molecular complexity index is 309. The van der Waals surface area contributed by atoms with Gasteiger partial charge < -0.3 is 5.73 Å². The summed E-state index contributed by atoms with van der Waals surface area (Å²) < 4.78 is 1.95. The smallest absolute Gasteiger partial charge is 0.141 e. The van der Waals surface area contributed by atoms with Crippen molar-refractivity contribution >= 4 is 0 Å². The monoisotopic (exact) mass is 209 g/mol. The molecule has 1 fully saturated rings. The Morgan fingerprint density at radius 2 is 2.47 bits per heavy atom. The number of nitrogens with zero attached hydrogens (tertiary/aromatic N) is 4. The fourth-order valence-corrected chi connectivity index (χ4v) is 2.23. The Kier molecular flexibility index (Phi) is 3.33. The van der Waals surface area contributed by atoms with Crippen molar-refractivity contribution in [3.63, 3.8) is 0 Å². The molecule has 2 rings (SSSR count). The van der Waals surface area contributed by atoms with Gasteiger partial charge in [-0.3, -0.25) is 4.90 Å². The molecule has 0 amide bonds. The summed E-state index contributed by atoms with van der Waals surface area (Å²) in [7, 11) is 0. The first-order valence-corrected chi connectivity index (χ1v) is 5.66. The summed E-state index contributed by atoms with van der Waals surface area (Å²) in [5.74, 6) is 1.05. The van der Waals surface area contributed by atoms with Crippen LogP contribution in [0.3, 0.4) is 0 Å². The predicted octanol–water partition coefficient (Wildman–Crippen LogP) is 0.221. The summed E-state index contributed by atoms with van der Waals surface area (Å²) in [4.78, 5) is 6.70. The molecule has 0 radical (unpaired) electrons. The van der Waals surface area contributed by atoms with Crippen LogP contribution in [0.5, 0.6) is 0 Å². The van der Waals surface area contributed by atoms with E-state index in [0.717, 1.165) is 32.0 Å². The Morgan fingerprint density at radius 3 is 3.20 bits per heavy atom. The average Bonchev–Trinajstić information content (AvgIpc) is 2.87. The fourth-order valence-electron chi connectivity index (χ4n) is 2.23. The highest BCUT2D eigenvalue weighted by Gasteiger charge is 2.24. The van der Waals surface area contributed by atoms with Gasteiger partial charge >= 0.3 is 0 Å². The lowest BCUT2D eigenvalue weighted by Gasteiger charge is -2.22. The van der Waals surface area contributed by atoms with Gasteiger partial charge in [0.05, 0.1) is 6.54 Å². The van der Waals surface area contributed by atoms with E-state index in [1.807, 2.05) is 4.68 Å². The largest absolute Gasteiger partial charge is 0.329 e. The number of rotatable bonds is 4. The van der Waals surface area contributed by atoms with Gasteiger partial charge in [0.2, 0.25) is 0 Å². The van der Waals surface area contributed by atoms with Gasteiger partial charge in [-0.15, -0.1) is 0 Å². The van der Waals surface area contributed by atoms with Crippen molar-refractivity contribution in [1.82, 2.24) is 19.7 Å². The summed E-state index contributed by atoms with van der Waals surface area (Å²) in [5.41, 5.74) is 5.74. The molecule has 84 valence electrons. The molecule has 5 nitrogen and oxygen atoms in total. The second-order valence-corrected chi connectivity index (χ2v) is 3.99. The van der Waals surface area contributed by atoms with Crippen molar-refractivity contribution in [1.29, 1.82) is 0 Å². The molecule has 1 atom stereocenters. The SMILES string of the molecule is CCn1ncnc1CN1CCCC1CN. The van der Waals surface area contributed by atoms with Crippen LogP contribution in [0.2, 0.25) is 0 Å². The second kappa shape index (κ2) is 4.72. The standard InChI is InChI=1S/C10H19N5/c1-2-15-10(12-8-13-15)7-14-5-3-4-9(14)6-11/h8-9H,2-7,11H2,1H3. The maximum absolute atomic E-state index is 5.74. The number of hydrogen-bond acceptors (Lipinski definition) is 4. The average molecular weight is 209 g/mol. The molecule has 1 unspecified atom stereocenters. The molecule has 0 aromatic carbocycles. The molecule has 0 aliphatic carbocycles. The van der Waals surface area contributed by atoms with E-state index >= 15 is 0 Å². The van der Waals surface area contributed by atoms with E-state index in [1.54, 1.807) is 6.33 Å². The molecule has 5 heteroatoms. The molecule has 0 spiro atoms. The molecular weight excluding hydrogens is 190 g/mol. The van der Waals surface area contributed by atoms with Crippen LogP contribution in [0.15, 0.2) is 6.33 Å². The molecule has 1 aliphatic heterocycles. The molecule has 1 aromatic heterocycles. The zero-order valence-electron chi connectivity index (χ0n) is 9.26. The van der Waals surface area contributed by atoms with Crippen LogP contribution in [-0.4, -0.2) is 38.8 Å². The van der Waals surface area contributed by atoms with E-state index in [0.29, 0.717) is 6.04 Å². The number of nitrogens with two attached hydrogens (primary N) is 1. The predicted molar refractivity (Wildman–Crippen MR) is 58.2 cm³/mol. The maximum Gasteiger partial charge on any atom is 0.141 e. The Balaban J connectivity index is 2.01. The Labute approximate surface area is 90.3 Å². The summed E-state index contributed by atoms with van der Waals surface area (Å²) in [6.07, 6.45) is 4.10. The summed E-state index contributed by atoms with van der Waals surface area (Å²) in [6, 6.07) is 0.534. The van der Waals surface area contributed by atoms with E-state index in [4.69, 9.17) is 5.73 Å². The van der Waals surface area contributed by atoms with Gasteiger partial charge in [-0.1, -0.05) is 0 Å². The molecule has 2 N–H and O–H groups in total. The van der Waals surface area contributed by atoms with Crippen molar-refractivity contribution in [2.24, 2.45) is 5.73 Å². The third kappa shape index (κ3) is 2.18. The van der Waals surface area contributed by atoms with Crippen molar-refractivity contribution in [3.8, 4) is 0 Å². The highest BCUT2D eigenvalue weighted by molar-refractivity contribution is 4.89. The lowest BCUT2D eigenvalue weighted by molar-refractivity contribution is 0.239. The first kappa shape index (κ1) is 10.6. The van der Waals surface area contributed by atoms with E-state index in [-0.39, 0.29) is 0 Å². The zero-order valence-corrected chi connectivity index (χ0v) is 9.26. The van der Waals surface area contributed by atoms with Gasteiger partial charge in [0.15, 0.2) is 0 Å². The number of hydrogen-bond donors (Lipinski definition) is 1. The van der Waals surface area contributed by atoms with Gasteiger partial charge in [0, 0.05) is 19.1 Å². The van der Waals surface area contributed by atoms with Crippen molar-refractivity contribution in [2.75, 3.05) is 13.1 Å². The van der Waals surface area contributed by atoms with E-state index in [2.05, 4.69) is 21.9 Å². The van der Waals surface area contributed by atoms with Crippen molar-refractivity contribution in [2.45, 2.75) is 38.9 Å². The molecule has 15 heavy (non-hydrogen) atoms. The topological polar surface area (TPSA) is 60.0 Å². The third-order valence-electron chi connectivity index (χ3n) is 3.11. The fraction of sp³-hybridized carbons (Fsp3) is 0.800. The van der Waals surface area contributed by atoms with Crippen LogP contribution in [-0.2, 0) is 13.1 Å². The second-order valence-electron chi connectivity index (χ2n) is 3.99. The number of likely N-dealkylation sites (tertiary alicyclic amines) is 1. The van der Waals surface area contributed by atoms with Crippen LogP contribution in [0.4, 0.5) is 0 Å². The molecule has 1 aromatic rings. The van der Waals surface area contributed by atoms with E-state index in [9.17, 15) is 0 Å². The maximum atomic E-state index is 5.74. The Morgan fingerprint density at radius 1 is 1.60 bits per heavy atom. The molecule has 0 saturated carbocycles. The molecular formula is C10H19N5. The zero-order chi connectivity index (χ0) is 10.7. The summed E-state index contributed by atoms with van der Waals surface area (Å²) >= 11 is 0. The van der Waals surface area contributed by atoms with Gasteiger partial charge in [0.25, 0.3) is 0 Å². The van der Waals surface area contributed by atoms with E-state index in [1.165, 1.54) is 12.8 Å². The Hall–Kier alpha value is -0.940. The number of aryl methyl sites for hydroxylation is 1. The molecule has 1 aliphatic rings. The van der Waals surface area contributed by atoms with Crippen LogP contribution >= 0.6 is 0 Å². The van der Waals surface area contributed by atoms with Crippen LogP contribution in [0, 0.1) is 0 Å². The molecule has 0 bridgehead atoms. The summed E-state index contributed by atoms with van der Waals surface area (Å²) in [5, 5.41) is 4.18. The molecule has 1 saturated heterocycles. The van der Waals surface area contributed by atoms with Gasteiger partial charge in [-0.05, 0) is 26.3 Å². The molecule has 2 heterocycles. The highest BCUT2D eigenvalue weighted by atomic mass is 15.3. The van der Waals surface area contributed by atoms with E-state index < -0.39 is 0 Å². The van der Waals surface area contributed by atoms with Gasteiger partial charge in [0.1, 0.15) is 12.2 Å². The minimum absolute atomic E-state index is 0.534. The lowest BCUT2D eigenvalue weighted by atomic mass is 10.2. The lowest BCUT2D eigenvalue weighted by Crippen LogP contribution is -2.35. The minimum Gasteiger partial charge on any atom is -0.329 e. The number of aromatic nitrogens is 3. The van der Waals surface area contributed by atoms with Gasteiger partial charge in [-0.2, -0.15) is 5.10 Å². The third-order valence-corrected chi connectivity index (χ3v) is 3.11. The normalized spacial score (nSPS) is 22.4. The first-order valence-electron chi connectivity index (χ1n) is 5.66. The summed E-state index contributed by atoms with van der Waals surface area (Å²) in [6.45, 7) is 5.74. The van der Waals surface area contributed by atoms with Crippen molar-refractivity contribution < 1.29 is 0 Å². The van der Waals surface area contributed by atoms with Gasteiger partial charge in [-0.25, -0.2) is 9.67 Å². The van der Waals surface area contributed by atoms with Crippen LogP contribution in [0.25, 0.3) is 0 Å². The quantitative estimate of drug-likeness (QED) is 0.770. The first-order chi connectivity index (χ1) is 7.35.